The maximum atomic E-state index is 12.3. The molecule has 1 saturated heterocycles. The summed E-state index contributed by atoms with van der Waals surface area (Å²) in [6, 6.07) is 8.78. The number of carbonyl (C=O) groups excluding carboxylic acids is 1. The number of nitrogens with two attached hydrogens (primary N) is 1. The first kappa shape index (κ1) is 17.0. The molecule has 1 atom stereocenters. The first-order valence-corrected chi connectivity index (χ1v) is 7.28. The molecule has 0 aliphatic carbocycles. The molecule has 0 saturated carbocycles. The number of likely N-dealkylation sites (tertiary alicyclic amines) is 1. The third kappa shape index (κ3) is 4.22. The Balaban J connectivity index is 0.00000200. The number of halogens is 1. The molecule has 1 unspecified atom stereocenters. The van der Waals surface area contributed by atoms with E-state index in [1.807, 2.05) is 0 Å². The molecule has 1 aromatic carbocycles. The Labute approximate surface area is 127 Å². The Kier molecular flexibility index (Phi) is 7.03. The van der Waals surface area contributed by atoms with Gasteiger partial charge < -0.3 is 10.6 Å². The van der Waals surface area contributed by atoms with Gasteiger partial charge in [0.1, 0.15) is 0 Å². The van der Waals surface area contributed by atoms with Crippen LogP contribution in [0.4, 0.5) is 0 Å². The quantitative estimate of drug-likeness (QED) is 0.931. The maximum absolute atomic E-state index is 12.3. The van der Waals surface area contributed by atoms with Crippen LogP contribution in [0.2, 0.25) is 0 Å². The van der Waals surface area contributed by atoms with E-state index < -0.39 is 0 Å². The summed E-state index contributed by atoms with van der Waals surface area (Å²) in [4.78, 5) is 14.3. The maximum Gasteiger partial charge on any atom is 0.224 e. The van der Waals surface area contributed by atoms with Gasteiger partial charge in [-0.25, -0.2) is 0 Å². The number of hydrogen-bond acceptors (Lipinski definition) is 2. The van der Waals surface area contributed by atoms with E-state index in [4.69, 9.17) is 5.73 Å². The van der Waals surface area contributed by atoms with E-state index in [0.29, 0.717) is 13.0 Å². The molecule has 112 valence electrons. The average Bonchev–Trinajstić information content (AvgIpc) is 2.64. The predicted octanol–water partition coefficient (Wildman–Crippen LogP) is 3.21. The minimum atomic E-state index is 0. The van der Waals surface area contributed by atoms with Crippen LogP contribution >= 0.6 is 12.4 Å². The lowest BCUT2D eigenvalue weighted by Gasteiger charge is -2.30. The number of hydrogen-bond donors (Lipinski definition) is 1. The summed E-state index contributed by atoms with van der Waals surface area (Å²) in [6.07, 6.45) is 5.06. The molecule has 0 radical (unpaired) electrons. The SMILES string of the molecule is Cc1cccc(C2CCCCCN2C(=O)CCN)c1.Cl. The summed E-state index contributed by atoms with van der Waals surface area (Å²) < 4.78 is 0. The minimum Gasteiger partial charge on any atom is -0.336 e. The van der Waals surface area contributed by atoms with E-state index >= 15 is 0 Å². The summed E-state index contributed by atoms with van der Waals surface area (Å²) in [5.74, 6) is 0.205. The van der Waals surface area contributed by atoms with Crippen molar-refractivity contribution < 1.29 is 4.79 Å². The molecule has 1 amide bonds. The third-order valence-corrected chi connectivity index (χ3v) is 3.86. The van der Waals surface area contributed by atoms with E-state index in [2.05, 4.69) is 36.1 Å². The highest BCUT2D eigenvalue weighted by Gasteiger charge is 2.26. The zero-order chi connectivity index (χ0) is 13.7. The van der Waals surface area contributed by atoms with Gasteiger partial charge in [0.05, 0.1) is 6.04 Å². The lowest BCUT2D eigenvalue weighted by Crippen LogP contribution is -2.35. The number of carbonyl (C=O) groups is 1. The molecule has 1 aliphatic heterocycles. The Morgan fingerprint density at radius 2 is 2.15 bits per heavy atom. The van der Waals surface area contributed by atoms with Gasteiger partial charge in [-0.15, -0.1) is 12.4 Å². The minimum absolute atomic E-state index is 0. The highest BCUT2D eigenvalue weighted by Crippen LogP contribution is 2.30. The standard InChI is InChI=1S/C16H24N2O.ClH/c1-13-6-5-7-14(12-13)15-8-3-2-4-11-18(15)16(19)9-10-17;/h5-7,12,15H,2-4,8-11,17H2,1H3;1H. The van der Waals surface area contributed by atoms with Crippen LogP contribution in [-0.4, -0.2) is 23.9 Å². The molecule has 2 rings (SSSR count). The second-order valence-corrected chi connectivity index (χ2v) is 5.41. The molecule has 1 aliphatic rings. The molecule has 2 N–H and O–H groups in total. The Hall–Kier alpha value is -1.06. The highest BCUT2D eigenvalue weighted by molar-refractivity contribution is 5.85. The van der Waals surface area contributed by atoms with E-state index in [9.17, 15) is 4.79 Å². The predicted molar refractivity (Wildman–Crippen MR) is 85.0 cm³/mol. The largest absolute Gasteiger partial charge is 0.336 e. The molecule has 1 fully saturated rings. The second-order valence-electron chi connectivity index (χ2n) is 5.41. The molecule has 0 spiro atoms. The Morgan fingerprint density at radius 3 is 2.85 bits per heavy atom. The molecular weight excluding hydrogens is 272 g/mol. The summed E-state index contributed by atoms with van der Waals surface area (Å²) in [5, 5.41) is 0. The monoisotopic (exact) mass is 296 g/mol. The average molecular weight is 297 g/mol. The van der Waals surface area contributed by atoms with Crippen molar-refractivity contribution in [3.8, 4) is 0 Å². The van der Waals surface area contributed by atoms with Crippen molar-refractivity contribution in [2.24, 2.45) is 5.73 Å². The van der Waals surface area contributed by atoms with Gasteiger partial charge in [-0.3, -0.25) is 4.79 Å². The van der Waals surface area contributed by atoms with Gasteiger partial charge in [0, 0.05) is 19.5 Å². The van der Waals surface area contributed by atoms with Crippen molar-refractivity contribution in [2.75, 3.05) is 13.1 Å². The van der Waals surface area contributed by atoms with E-state index in [0.717, 1.165) is 19.4 Å². The molecule has 0 aromatic heterocycles. The lowest BCUT2D eigenvalue weighted by atomic mass is 9.99. The Bertz CT molecular complexity index is 436. The van der Waals surface area contributed by atoms with Crippen LogP contribution in [0.1, 0.15) is 49.3 Å². The van der Waals surface area contributed by atoms with E-state index in [-0.39, 0.29) is 24.4 Å². The fourth-order valence-corrected chi connectivity index (χ4v) is 2.90. The van der Waals surface area contributed by atoms with Crippen molar-refractivity contribution in [3.05, 3.63) is 35.4 Å². The fourth-order valence-electron chi connectivity index (χ4n) is 2.90. The van der Waals surface area contributed by atoms with Crippen molar-refractivity contribution >= 4 is 18.3 Å². The van der Waals surface area contributed by atoms with Crippen LogP contribution in [-0.2, 0) is 4.79 Å². The topological polar surface area (TPSA) is 46.3 Å². The van der Waals surface area contributed by atoms with Crippen molar-refractivity contribution in [3.63, 3.8) is 0 Å². The summed E-state index contributed by atoms with van der Waals surface area (Å²) in [5.41, 5.74) is 8.06. The van der Waals surface area contributed by atoms with Crippen LogP contribution in [0.5, 0.6) is 0 Å². The number of aryl methyl sites for hydroxylation is 1. The number of rotatable bonds is 3. The first-order chi connectivity index (χ1) is 9.22. The molecule has 0 bridgehead atoms. The zero-order valence-corrected chi connectivity index (χ0v) is 13.0. The molecule has 3 nitrogen and oxygen atoms in total. The smallest absolute Gasteiger partial charge is 0.224 e. The molecule has 20 heavy (non-hydrogen) atoms. The van der Waals surface area contributed by atoms with Crippen LogP contribution in [0.15, 0.2) is 24.3 Å². The summed E-state index contributed by atoms with van der Waals surface area (Å²) in [7, 11) is 0. The van der Waals surface area contributed by atoms with Gasteiger partial charge in [-0.05, 0) is 25.3 Å². The van der Waals surface area contributed by atoms with Crippen molar-refractivity contribution in [1.29, 1.82) is 0 Å². The first-order valence-electron chi connectivity index (χ1n) is 7.28. The van der Waals surface area contributed by atoms with Crippen molar-refractivity contribution in [2.45, 2.75) is 45.1 Å². The lowest BCUT2D eigenvalue weighted by molar-refractivity contribution is -0.133. The van der Waals surface area contributed by atoms with Crippen molar-refractivity contribution in [1.82, 2.24) is 4.90 Å². The number of amides is 1. The van der Waals surface area contributed by atoms with Gasteiger partial charge in [0.15, 0.2) is 0 Å². The van der Waals surface area contributed by atoms with Gasteiger partial charge in [0.25, 0.3) is 0 Å². The summed E-state index contributed by atoms with van der Waals surface area (Å²) in [6.45, 7) is 3.42. The molecule has 1 aromatic rings. The van der Waals surface area contributed by atoms with Gasteiger partial charge in [-0.1, -0.05) is 42.7 Å². The van der Waals surface area contributed by atoms with Gasteiger partial charge in [0.2, 0.25) is 5.91 Å². The fraction of sp³-hybridized carbons (Fsp3) is 0.562. The second kappa shape index (κ2) is 8.28. The third-order valence-electron chi connectivity index (χ3n) is 3.86. The van der Waals surface area contributed by atoms with Crippen LogP contribution < -0.4 is 5.73 Å². The number of benzene rings is 1. The van der Waals surface area contributed by atoms with E-state index in [1.165, 1.54) is 24.0 Å². The number of nitrogens with zero attached hydrogens (tertiary/aromatic N) is 1. The Morgan fingerprint density at radius 1 is 1.35 bits per heavy atom. The molecule has 1 heterocycles. The zero-order valence-electron chi connectivity index (χ0n) is 12.2. The molecular formula is C16H25ClN2O. The van der Waals surface area contributed by atoms with Crippen LogP contribution in [0, 0.1) is 6.92 Å². The summed E-state index contributed by atoms with van der Waals surface area (Å²) >= 11 is 0. The highest BCUT2D eigenvalue weighted by atomic mass is 35.5. The van der Waals surface area contributed by atoms with Crippen LogP contribution in [0.3, 0.4) is 0 Å². The normalized spacial score (nSPS) is 19.1. The van der Waals surface area contributed by atoms with Gasteiger partial charge in [-0.2, -0.15) is 0 Å². The van der Waals surface area contributed by atoms with E-state index in [1.54, 1.807) is 0 Å². The van der Waals surface area contributed by atoms with Crippen LogP contribution in [0.25, 0.3) is 0 Å². The molecule has 4 heteroatoms. The van der Waals surface area contributed by atoms with Gasteiger partial charge >= 0.3 is 0 Å².